The molecule has 0 aliphatic rings. The van der Waals surface area contributed by atoms with Crippen molar-refractivity contribution in [3.05, 3.63) is 76.7 Å². The number of hydrogen-bond donors (Lipinski definition) is 1. The number of pyridine rings is 1. The highest BCUT2D eigenvalue weighted by Crippen LogP contribution is 2.22. The van der Waals surface area contributed by atoms with Crippen LogP contribution in [0.2, 0.25) is 0 Å². The van der Waals surface area contributed by atoms with Gasteiger partial charge in [0.05, 0.1) is 12.3 Å². The van der Waals surface area contributed by atoms with Gasteiger partial charge in [-0.1, -0.05) is 30.3 Å². The molecular weight excluding hydrogens is 238 g/mol. The monoisotopic (exact) mass is 251 g/mol. The van der Waals surface area contributed by atoms with E-state index in [-0.39, 0.29) is 12.2 Å². The molecule has 1 aromatic heterocycles. The molecule has 0 aliphatic carbocycles. The number of nitrogens with zero attached hydrogens (tertiary/aromatic N) is 1. The first-order valence-electron chi connectivity index (χ1n) is 6.10. The third-order valence-electron chi connectivity index (χ3n) is 3.19. The second-order valence-corrected chi connectivity index (χ2v) is 4.40. The Balaban J connectivity index is 2.31. The number of rotatable bonds is 2. The van der Waals surface area contributed by atoms with Crippen LogP contribution in [0, 0.1) is 0 Å². The molecule has 0 spiro atoms. The summed E-state index contributed by atoms with van der Waals surface area (Å²) in [4.78, 5) is 11.9. The summed E-state index contributed by atoms with van der Waals surface area (Å²) in [7, 11) is 0. The van der Waals surface area contributed by atoms with Crippen molar-refractivity contribution in [3.63, 3.8) is 0 Å². The van der Waals surface area contributed by atoms with Gasteiger partial charge in [-0.2, -0.15) is 0 Å². The number of aliphatic hydroxyl groups excluding tert-OH is 1. The molecule has 0 amide bonds. The largest absolute Gasteiger partial charge is 0.392 e. The maximum absolute atomic E-state index is 11.9. The van der Waals surface area contributed by atoms with Crippen molar-refractivity contribution in [2.45, 2.75) is 6.61 Å². The van der Waals surface area contributed by atoms with E-state index in [0.29, 0.717) is 0 Å². The Kier molecular flexibility index (Phi) is 2.89. The zero-order chi connectivity index (χ0) is 13.2. The first-order chi connectivity index (χ1) is 9.29. The SMILES string of the molecule is O=c1ccccn1-c1cccc2cc(CO)ccc12. The van der Waals surface area contributed by atoms with Crippen LogP contribution in [-0.2, 0) is 6.61 Å². The highest BCUT2D eigenvalue weighted by molar-refractivity contribution is 5.90. The van der Waals surface area contributed by atoms with E-state index in [2.05, 4.69) is 0 Å². The van der Waals surface area contributed by atoms with Crippen molar-refractivity contribution in [1.29, 1.82) is 0 Å². The summed E-state index contributed by atoms with van der Waals surface area (Å²) in [6, 6.07) is 16.7. The lowest BCUT2D eigenvalue weighted by atomic mass is 10.1. The Bertz CT molecular complexity index is 790. The van der Waals surface area contributed by atoms with Crippen LogP contribution in [0.25, 0.3) is 16.5 Å². The normalized spacial score (nSPS) is 10.8. The Morgan fingerprint density at radius 3 is 2.68 bits per heavy atom. The molecule has 0 unspecified atom stereocenters. The summed E-state index contributed by atoms with van der Waals surface area (Å²) in [5.74, 6) is 0. The average molecular weight is 251 g/mol. The van der Waals surface area contributed by atoms with E-state index < -0.39 is 0 Å². The van der Waals surface area contributed by atoms with Gasteiger partial charge in [0, 0.05) is 17.6 Å². The first-order valence-corrected chi connectivity index (χ1v) is 6.10. The number of aliphatic hydroxyl groups is 1. The molecular formula is C16H13NO2. The van der Waals surface area contributed by atoms with Gasteiger partial charge in [0.25, 0.3) is 5.56 Å². The fourth-order valence-corrected chi connectivity index (χ4v) is 2.25. The van der Waals surface area contributed by atoms with Crippen LogP contribution < -0.4 is 5.56 Å². The molecule has 3 aromatic rings. The minimum atomic E-state index is -0.0544. The fourth-order valence-electron chi connectivity index (χ4n) is 2.25. The standard InChI is InChI=1S/C16H13NO2/c18-11-12-7-8-14-13(10-12)4-3-5-15(14)17-9-2-1-6-16(17)19/h1-10,18H,11H2. The summed E-state index contributed by atoms with van der Waals surface area (Å²) in [6.07, 6.45) is 1.76. The van der Waals surface area contributed by atoms with Crippen LogP contribution in [0.3, 0.4) is 0 Å². The zero-order valence-electron chi connectivity index (χ0n) is 10.3. The molecule has 0 saturated carbocycles. The molecule has 94 valence electrons. The first kappa shape index (κ1) is 11.7. The van der Waals surface area contributed by atoms with Gasteiger partial charge in [-0.15, -0.1) is 0 Å². The third-order valence-corrected chi connectivity index (χ3v) is 3.19. The van der Waals surface area contributed by atoms with E-state index in [4.69, 9.17) is 0 Å². The smallest absolute Gasteiger partial charge is 0.255 e. The summed E-state index contributed by atoms with van der Waals surface area (Å²) >= 11 is 0. The van der Waals surface area contributed by atoms with Crippen LogP contribution in [0.5, 0.6) is 0 Å². The van der Waals surface area contributed by atoms with Crippen LogP contribution in [-0.4, -0.2) is 9.67 Å². The van der Waals surface area contributed by atoms with E-state index in [1.165, 1.54) is 0 Å². The van der Waals surface area contributed by atoms with Crippen LogP contribution in [0.1, 0.15) is 5.56 Å². The molecule has 0 atom stereocenters. The van der Waals surface area contributed by atoms with Crippen molar-refractivity contribution >= 4 is 10.8 Å². The van der Waals surface area contributed by atoms with Gasteiger partial charge in [-0.05, 0) is 29.1 Å². The average Bonchev–Trinajstić information content (AvgIpc) is 2.46. The van der Waals surface area contributed by atoms with Crippen molar-refractivity contribution in [2.24, 2.45) is 0 Å². The van der Waals surface area contributed by atoms with Crippen LogP contribution in [0.4, 0.5) is 0 Å². The lowest BCUT2D eigenvalue weighted by Crippen LogP contribution is -2.15. The molecule has 3 nitrogen and oxygen atoms in total. The molecule has 0 radical (unpaired) electrons. The Morgan fingerprint density at radius 1 is 1.00 bits per heavy atom. The minimum Gasteiger partial charge on any atom is -0.392 e. The van der Waals surface area contributed by atoms with E-state index in [1.54, 1.807) is 22.9 Å². The number of benzene rings is 2. The van der Waals surface area contributed by atoms with Gasteiger partial charge < -0.3 is 5.11 Å². The predicted octanol–water partition coefficient (Wildman–Crippen LogP) is 2.48. The van der Waals surface area contributed by atoms with Crippen molar-refractivity contribution < 1.29 is 5.11 Å². The summed E-state index contributed by atoms with van der Waals surface area (Å²) in [5.41, 5.74) is 1.67. The van der Waals surface area contributed by atoms with E-state index >= 15 is 0 Å². The molecule has 1 heterocycles. The Hall–Kier alpha value is -2.39. The van der Waals surface area contributed by atoms with Crippen LogP contribution >= 0.6 is 0 Å². The molecule has 0 saturated heterocycles. The van der Waals surface area contributed by atoms with Crippen molar-refractivity contribution in [1.82, 2.24) is 4.57 Å². The molecule has 2 aromatic carbocycles. The van der Waals surface area contributed by atoms with Crippen LogP contribution in [0.15, 0.2) is 65.6 Å². The second-order valence-electron chi connectivity index (χ2n) is 4.40. The number of aromatic nitrogens is 1. The van der Waals surface area contributed by atoms with Gasteiger partial charge in [-0.3, -0.25) is 9.36 Å². The summed E-state index contributed by atoms with van der Waals surface area (Å²) in [5, 5.41) is 11.2. The lowest BCUT2D eigenvalue weighted by Gasteiger charge is -2.09. The number of hydrogen-bond acceptors (Lipinski definition) is 2. The molecule has 1 N–H and O–H groups in total. The van der Waals surface area contributed by atoms with E-state index in [0.717, 1.165) is 22.0 Å². The molecule has 19 heavy (non-hydrogen) atoms. The van der Waals surface area contributed by atoms with Gasteiger partial charge in [0.15, 0.2) is 0 Å². The third kappa shape index (κ3) is 2.04. The van der Waals surface area contributed by atoms with Crippen molar-refractivity contribution in [3.8, 4) is 5.69 Å². The molecule has 3 heteroatoms. The quantitative estimate of drug-likeness (QED) is 0.760. The predicted molar refractivity (Wildman–Crippen MR) is 75.5 cm³/mol. The Morgan fingerprint density at radius 2 is 1.89 bits per heavy atom. The van der Waals surface area contributed by atoms with Gasteiger partial charge >= 0.3 is 0 Å². The highest BCUT2D eigenvalue weighted by atomic mass is 16.3. The number of fused-ring (bicyclic) bond motifs is 1. The van der Waals surface area contributed by atoms with Gasteiger partial charge in [-0.25, -0.2) is 0 Å². The summed E-state index contributed by atoms with van der Waals surface area (Å²) in [6.45, 7) is 0.0193. The van der Waals surface area contributed by atoms with E-state index in [9.17, 15) is 9.90 Å². The fraction of sp³-hybridized carbons (Fsp3) is 0.0625. The minimum absolute atomic E-state index is 0.0193. The molecule has 0 fully saturated rings. The molecule has 0 aliphatic heterocycles. The highest BCUT2D eigenvalue weighted by Gasteiger charge is 2.04. The van der Waals surface area contributed by atoms with Gasteiger partial charge in [0.1, 0.15) is 0 Å². The zero-order valence-corrected chi connectivity index (χ0v) is 10.3. The maximum atomic E-state index is 11.9. The van der Waals surface area contributed by atoms with Gasteiger partial charge in [0.2, 0.25) is 0 Å². The maximum Gasteiger partial charge on any atom is 0.255 e. The topological polar surface area (TPSA) is 42.2 Å². The molecule has 0 bridgehead atoms. The Labute approximate surface area is 110 Å². The van der Waals surface area contributed by atoms with E-state index in [1.807, 2.05) is 42.5 Å². The summed E-state index contributed by atoms with van der Waals surface area (Å²) < 4.78 is 1.63. The van der Waals surface area contributed by atoms with Crippen molar-refractivity contribution in [2.75, 3.05) is 0 Å². The molecule has 3 rings (SSSR count). The second kappa shape index (κ2) is 4.71. The lowest BCUT2D eigenvalue weighted by molar-refractivity contribution is 0.282.